The molecule has 1 aliphatic heterocycles. The number of aromatic nitrogens is 4. The molecule has 132 valence electrons. The molecule has 1 atom stereocenters. The Morgan fingerprint density at radius 1 is 1.24 bits per heavy atom. The summed E-state index contributed by atoms with van der Waals surface area (Å²) in [6, 6.07) is 7.48. The van der Waals surface area contributed by atoms with Crippen molar-refractivity contribution in [3.63, 3.8) is 0 Å². The van der Waals surface area contributed by atoms with E-state index in [9.17, 15) is 8.42 Å². The molecular weight excluding hydrogens is 382 g/mol. The van der Waals surface area contributed by atoms with Crippen molar-refractivity contribution >= 4 is 37.9 Å². The first-order valence-electron chi connectivity index (χ1n) is 7.85. The van der Waals surface area contributed by atoms with Crippen molar-refractivity contribution in [2.75, 3.05) is 19.3 Å². The van der Waals surface area contributed by atoms with E-state index in [4.69, 9.17) is 11.6 Å². The van der Waals surface area contributed by atoms with Crippen LogP contribution in [0.3, 0.4) is 0 Å². The summed E-state index contributed by atoms with van der Waals surface area (Å²) in [7, 11) is -3.20. The number of sulfonamides is 1. The molecule has 1 saturated heterocycles. The van der Waals surface area contributed by atoms with Gasteiger partial charge in [0.25, 0.3) is 0 Å². The molecule has 7 nitrogen and oxygen atoms in total. The van der Waals surface area contributed by atoms with Gasteiger partial charge in [0.2, 0.25) is 15.0 Å². The van der Waals surface area contributed by atoms with Gasteiger partial charge in [0.15, 0.2) is 5.82 Å². The number of hydrogen-bond donors (Lipinski definition) is 0. The minimum Gasteiger partial charge on any atom is -0.213 e. The summed E-state index contributed by atoms with van der Waals surface area (Å²) in [6.07, 6.45) is 2.93. The van der Waals surface area contributed by atoms with Gasteiger partial charge < -0.3 is 0 Å². The van der Waals surface area contributed by atoms with E-state index in [1.165, 1.54) is 21.9 Å². The molecule has 4 rings (SSSR count). The predicted molar refractivity (Wildman–Crippen MR) is 97.5 cm³/mol. The summed E-state index contributed by atoms with van der Waals surface area (Å²) in [5, 5.41) is 14.6. The zero-order valence-corrected chi connectivity index (χ0v) is 15.9. The molecule has 1 aromatic carbocycles. The Labute approximate surface area is 154 Å². The van der Waals surface area contributed by atoms with Crippen molar-refractivity contribution in [3.05, 3.63) is 35.1 Å². The maximum Gasteiger partial charge on any atom is 0.234 e. The van der Waals surface area contributed by atoms with Crippen LogP contribution in [0.2, 0.25) is 5.02 Å². The lowest BCUT2D eigenvalue weighted by Crippen LogP contribution is -2.38. The average molecular weight is 398 g/mol. The summed E-state index contributed by atoms with van der Waals surface area (Å²) in [5.74, 6) is 0.721. The smallest absolute Gasteiger partial charge is 0.213 e. The molecule has 25 heavy (non-hydrogen) atoms. The third kappa shape index (κ3) is 3.29. The van der Waals surface area contributed by atoms with Crippen molar-refractivity contribution in [1.29, 1.82) is 0 Å². The first kappa shape index (κ1) is 16.9. The molecule has 0 aliphatic carbocycles. The van der Waals surface area contributed by atoms with Gasteiger partial charge >= 0.3 is 0 Å². The van der Waals surface area contributed by atoms with Crippen LogP contribution in [-0.4, -0.2) is 51.9 Å². The lowest BCUT2D eigenvalue weighted by Gasteiger charge is -2.29. The third-order valence-electron chi connectivity index (χ3n) is 4.32. The number of rotatable bonds is 3. The van der Waals surface area contributed by atoms with Crippen molar-refractivity contribution < 1.29 is 8.42 Å². The zero-order valence-electron chi connectivity index (χ0n) is 13.5. The molecule has 0 spiro atoms. The van der Waals surface area contributed by atoms with Crippen molar-refractivity contribution in [3.8, 4) is 10.6 Å². The summed E-state index contributed by atoms with van der Waals surface area (Å²) < 4.78 is 26.9. The van der Waals surface area contributed by atoms with Crippen molar-refractivity contribution in [2.24, 2.45) is 0 Å². The topological polar surface area (TPSA) is 80.5 Å². The van der Waals surface area contributed by atoms with Gasteiger partial charge in [-0.1, -0.05) is 35.1 Å². The highest BCUT2D eigenvalue weighted by Crippen LogP contribution is 2.31. The molecule has 3 aromatic rings. The molecule has 1 unspecified atom stereocenters. The van der Waals surface area contributed by atoms with E-state index in [0.717, 1.165) is 29.2 Å². The van der Waals surface area contributed by atoms with E-state index in [1.807, 2.05) is 24.3 Å². The summed E-state index contributed by atoms with van der Waals surface area (Å²) in [4.78, 5) is 0.705. The highest BCUT2D eigenvalue weighted by atomic mass is 35.5. The van der Waals surface area contributed by atoms with E-state index in [1.54, 1.807) is 4.52 Å². The second kappa shape index (κ2) is 6.31. The molecular formula is C15H16ClN5O2S2. The van der Waals surface area contributed by atoms with E-state index in [-0.39, 0.29) is 5.92 Å². The maximum atomic E-state index is 11.8. The Balaban J connectivity index is 1.68. The number of benzene rings is 1. The lowest BCUT2D eigenvalue weighted by atomic mass is 9.99. The molecule has 0 saturated carbocycles. The molecule has 0 bridgehead atoms. The van der Waals surface area contributed by atoms with E-state index in [0.29, 0.717) is 23.1 Å². The first-order valence-corrected chi connectivity index (χ1v) is 10.9. The van der Waals surface area contributed by atoms with E-state index < -0.39 is 10.0 Å². The number of nitrogens with zero attached hydrogens (tertiary/aromatic N) is 5. The van der Waals surface area contributed by atoms with Gasteiger partial charge in [0, 0.05) is 29.6 Å². The molecule has 3 heterocycles. The van der Waals surface area contributed by atoms with Gasteiger partial charge in [0.1, 0.15) is 5.01 Å². The van der Waals surface area contributed by atoms with Crippen LogP contribution in [0.15, 0.2) is 24.3 Å². The molecule has 0 radical (unpaired) electrons. The Hall–Kier alpha value is -1.55. The number of fused-ring (bicyclic) bond motifs is 1. The fourth-order valence-corrected chi connectivity index (χ4v) is 4.94. The fraction of sp³-hybridized carbons (Fsp3) is 0.400. The minimum atomic E-state index is -3.20. The van der Waals surface area contributed by atoms with Gasteiger partial charge in [-0.2, -0.15) is 9.61 Å². The Morgan fingerprint density at radius 2 is 2.00 bits per heavy atom. The van der Waals surface area contributed by atoms with E-state index >= 15 is 0 Å². The Kier molecular flexibility index (Phi) is 4.27. The van der Waals surface area contributed by atoms with Crippen LogP contribution < -0.4 is 0 Å². The number of halogens is 1. The quantitative estimate of drug-likeness (QED) is 0.678. The number of hydrogen-bond acceptors (Lipinski definition) is 6. The van der Waals surface area contributed by atoms with Crippen LogP contribution >= 0.6 is 22.9 Å². The molecule has 1 fully saturated rings. The molecule has 0 N–H and O–H groups in total. The predicted octanol–water partition coefficient (Wildman–Crippen LogP) is 2.65. The van der Waals surface area contributed by atoms with Crippen LogP contribution in [-0.2, 0) is 10.0 Å². The molecule has 2 aromatic heterocycles. The maximum absolute atomic E-state index is 11.8. The second-order valence-electron chi connectivity index (χ2n) is 6.13. The third-order valence-corrected chi connectivity index (χ3v) is 6.79. The van der Waals surface area contributed by atoms with Gasteiger partial charge in [-0.3, -0.25) is 0 Å². The normalized spacial score (nSPS) is 19.5. The summed E-state index contributed by atoms with van der Waals surface area (Å²) >= 11 is 7.39. The monoisotopic (exact) mass is 397 g/mol. The van der Waals surface area contributed by atoms with E-state index in [2.05, 4.69) is 15.3 Å². The SMILES string of the molecule is CS(=O)(=O)N1CCCC(c2nnc3sc(-c4ccc(Cl)cc4)nn23)C1. The Bertz CT molecular complexity index is 1010. The van der Waals surface area contributed by atoms with Crippen LogP contribution in [0, 0.1) is 0 Å². The first-order chi connectivity index (χ1) is 11.9. The summed E-state index contributed by atoms with van der Waals surface area (Å²) in [5.41, 5.74) is 0.965. The van der Waals surface area contributed by atoms with Crippen LogP contribution in [0.4, 0.5) is 0 Å². The fourth-order valence-electron chi connectivity index (χ4n) is 3.05. The van der Waals surface area contributed by atoms with Gasteiger partial charge in [-0.25, -0.2) is 12.7 Å². The second-order valence-corrected chi connectivity index (χ2v) is 9.50. The highest BCUT2D eigenvalue weighted by Gasteiger charge is 2.30. The molecule has 10 heteroatoms. The van der Waals surface area contributed by atoms with Crippen molar-refractivity contribution in [1.82, 2.24) is 24.1 Å². The standard InChI is InChI=1S/C15H16ClN5O2S2/c1-25(22,23)20-8-2-3-11(9-20)13-17-18-15-21(13)19-14(24-15)10-4-6-12(16)7-5-10/h4-7,11H,2-3,8-9H2,1H3. The highest BCUT2D eigenvalue weighted by molar-refractivity contribution is 7.88. The zero-order chi connectivity index (χ0) is 17.6. The molecule has 0 amide bonds. The average Bonchev–Trinajstić information content (AvgIpc) is 3.15. The Morgan fingerprint density at radius 3 is 2.72 bits per heavy atom. The number of piperidine rings is 1. The summed E-state index contributed by atoms with van der Waals surface area (Å²) in [6.45, 7) is 0.984. The van der Waals surface area contributed by atoms with Crippen molar-refractivity contribution in [2.45, 2.75) is 18.8 Å². The van der Waals surface area contributed by atoms with Crippen LogP contribution in [0.25, 0.3) is 15.5 Å². The molecule has 1 aliphatic rings. The van der Waals surface area contributed by atoms with Crippen LogP contribution in [0.1, 0.15) is 24.6 Å². The van der Waals surface area contributed by atoms with Gasteiger partial charge in [-0.15, -0.1) is 10.2 Å². The van der Waals surface area contributed by atoms with Gasteiger partial charge in [-0.05, 0) is 25.0 Å². The largest absolute Gasteiger partial charge is 0.234 e. The minimum absolute atomic E-state index is 0.00126. The van der Waals surface area contributed by atoms with Gasteiger partial charge in [0.05, 0.1) is 6.26 Å². The van der Waals surface area contributed by atoms with Crippen LogP contribution in [0.5, 0.6) is 0 Å². The lowest BCUT2D eigenvalue weighted by molar-refractivity contribution is 0.309.